The second kappa shape index (κ2) is 6.69. The molecule has 0 bridgehead atoms. The van der Waals surface area contributed by atoms with Crippen LogP contribution in [0.3, 0.4) is 0 Å². The molecule has 1 unspecified atom stereocenters. The van der Waals surface area contributed by atoms with Crippen molar-refractivity contribution in [1.29, 1.82) is 0 Å². The molecule has 0 radical (unpaired) electrons. The quantitative estimate of drug-likeness (QED) is 0.871. The van der Waals surface area contributed by atoms with Crippen molar-refractivity contribution >= 4 is 0 Å². The van der Waals surface area contributed by atoms with Gasteiger partial charge in [0, 0.05) is 12.1 Å². The molecule has 0 aliphatic carbocycles. The highest BCUT2D eigenvalue weighted by molar-refractivity contribution is 5.15. The molecule has 1 aromatic heterocycles. The fourth-order valence-electron chi connectivity index (χ4n) is 2.22. The fraction of sp³-hybridized carbons (Fsp3) is 0.714. The average Bonchev–Trinajstić information content (AvgIpc) is 2.40. The highest BCUT2D eigenvalue weighted by atomic mass is 16.5. The van der Waals surface area contributed by atoms with Crippen molar-refractivity contribution in [1.82, 2.24) is 15.3 Å². The largest absolute Gasteiger partial charge is 0.478 e. The van der Waals surface area contributed by atoms with Gasteiger partial charge in [0.05, 0.1) is 12.3 Å². The fourth-order valence-corrected chi connectivity index (χ4v) is 2.22. The maximum atomic E-state index is 5.71. The molecular formula is C14H23N3O. The van der Waals surface area contributed by atoms with E-state index < -0.39 is 0 Å². The Balaban J connectivity index is 1.77. The molecule has 1 aliphatic rings. The Labute approximate surface area is 109 Å². The van der Waals surface area contributed by atoms with Gasteiger partial charge in [0.2, 0.25) is 5.88 Å². The van der Waals surface area contributed by atoms with Gasteiger partial charge < -0.3 is 10.1 Å². The Morgan fingerprint density at radius 2 is 2.28 bits per heavy atom. The van der Waals surface area contributed by atoms with E-state index in [1.807, 2.05) is 6.07 Å². The maximum Gasteiger partial charge on any atom is 0.216 e. The van der Waals surface area contributed by atoms with Crippen LogP contribution in [0.2, 0.25) is 0 Å². The summed E-state index contributed by atoms with van der Waals surface area (Å²) in [5.41, 5.74) is 1.04. The van der Waals surface area contributed by atoms with Crippen LogP contribution < -0.4 is 10.1 Å². The summed E-state index contributed by atoms with van der Waals surface area (Å²) in [7, 11) is 0. The van der Waals surface area contributed by atoms with Gasteiger partial charge in [0.1, 0.15) is 6.33 Å². The average molecular weight is 249 g/mol. The molecule has 2 heterocycles. The minimum atomic E-state index is 0.412. The molecule has 1 saturated heterocycles. The monoisotopic (exact) mass is 249 g/mol. The van der Waals surface area contributed by atoms with Crippen molar-refractivity contribution < 1.29 is 4.74 Å². The maximum absolute atomic E-state index is 5.71. The van der Waals surface area contributed by atoms with Crippen molar-refractivity contribution in [3.8, 4) is 5.88 Å². The van der Waals surface area contributed by atoms with Gasteiger partial charge in [-0.1, -0.05) is 20.3 Å². The first kappa shape index (κ1) is 13.3. The number of piperidine rings is 1. The predicted molar refractivity (Wildman–Crippen MR) is 71.9 cm³/mol. The van der Waals surface area contributed by atoms with E-state index >= 15 is 0 Å². The van der Waals surface area contributed by atoms with E-state index in [-0.39, 0.29) is 0 Å². The standard InChI is InChI=1S/C14H23N3O/c1-11(2)13-9-14(17-10-16-13)18-8-6-12-5-3-4-7-15-12/h9-12,15H,3-8H2,1-2H3. The summed E-state index contributed by atoms with van der Waals surface area (Å²) in [6.45, 7) is 6.12. The zero-order valence-corrected chi connectivity index (χ0v) is 11.4. The second-order valence-electron chi connectivity index (χ2n) is 5.22. The summed E-state index contributed by atoms with van der Waals surface area (Å²) in [4.78, 5) is 8.38. The van der Waals surface area contributed by atoms with Crippen LogP contribution in [0.4, 0.5) is 0 Å². The van der Waals surface area contributed by atoms with Crippen LogP contribution in [0.5, 0.6) is 5.88 Å². The predicted octanol–water partition coefficient (Wildman–Crippen LogP) is 2.51. The van der Waals surface area contributed by atoms with Crippen LogP contribution >= 0.6 is 0 Å². The van der Waals surface area contributed by atoms with E-state index in [9.17, 15) is 0 Å². The number of ether oxygens (including phenoxy) is 1. The molecule has 1 aromatic rings. The second-order valence-corrected chi connectivity index (χ2v) is 5.22. The van der Waals surface area contributed by atoms with Gasteiger partial charge in [0.15, 0.2) is 0 Å². The van der Waals surface area contributed by atoms with Gasteiger partial charge in [-0.3, -0.25) is 0 Å². The Kier molecular flexibility index (Phi) is 4.93. The molecule has 2 rings (SSSR count). The third-order valence-electron chi connectivity index (χ3n) is 3.38. The molecular weight excluding hydrogens is 226 g/mol. The number of aromatic nitrogens is 2. The zero-order valence-electron chi connectivity index (χ0n) is 11.4. The van der Waals surface area contributed by atoms with E-state index in [1.165, 1.54) is 19.3 Å². The van der Waals surface area contributed by atoms with Crippen molar-refractivity contribution in [2.24, 2.45) is 0 Å². The first-order valence-corrected chi connectivity index (χ1v) is 6.94. The Hall–Kier alpha value is -1.16. The minimum Gasteiger partial charge on any atom is -0.478 e. The summed E-state index contributed by atoms with van der Waals surface area (Å²) in [6.07, 6.45) is 6.55. The number of rotatable bonds is 5. The van der Waals surface area contributed by atoms with Crippen LogP contribution in [-0.2, 0) is 0 Å². The minimum absolute atomic E-state index is 0.412. The third-order valence-corrected chi connectivity index (χ3v) is 3.38. The van der Waals surface area contributed by atoms with Gasteiger partial charge in [-0.05, 0) is 31.7 Å². The smallest absolute Gasteiger partial charge is 0.216 e. The Morgan fingerprint density at radius 1 is 1.39 bits per heavy atom. The number of hydrogen-bond donors (Lipinski definition) is 1. The van der Waals surface area contributed by atoms with Crippen LogP contribution in [0.15, 0.2) is 12.4 Å². The molecule has 1 atom stereocenters. The van der Waals surface area contributed by atoms with E-state index in [4.69, 9.17) is 4.74 Å². The van der Waals surface area contributed by atoms with Crippen LogP contribution in [-0.4, -0.2) is 29.2 Å². The molecule has 0 spiro atoms. The summed E-state index contributed by atoms with van der Waals surface area (Å²) in [5.74, 6) is 1.11. The molecule has 100 valence electrons. The molecule has 0 amide bonds. The summed E-state index contributed by atoms with van der Waals surface area (Å²) < 4.78 is 5.71. The topological polar surface area (TPSA) is 47.0 Å². The van der Waals surface area contributed by atoms with E-state index in [1.54, 1.807) is 6.33 Å². The molecule has 1 fully saturated rings. The molecule has 1 N–H and O–H groups in total. The van der Waals surface area contributed by atoms with Crippen LogP contribution in [0.25, 0.3) is 0 Å². The lowest BCUT2D eigenvalue weighted by molar-refractivity contribution is 0.260. The summed E-state index contributed by atoms with van der Waals surface area (Å²) in [5, 5.41) is 3.52. The van der Waals surface area contributed by atoms with Crippen molar-refractivity contribution in [2.75, 3.05) is 13.2 Å². The van der Waals surface area contributed by atoms with Crippen molar-refractivity contribution in [2.45, 2.75) is 51.5 Å². The number of nitrogens with one attached hydrogen (secondary N) is 1. The molecule has 1 aliphatic heterocycles. The molecule has 0 aromatic carbocycles. The van der Waals surface area contributed by atoms with Gasteiger partial charge >= 0.3 is 0 Å². The highest BCUT2D eigenvalue weighted by Crippen LogP contribution is 2.16. The lowest BCUT2D eigenvalue weighted by atomic mass is 10.0. The number of nitrogens with zero attached hydrogens (tertiary/aromatic N) is 2. The lowest BCUT2D eigenvalue weighted by Gasteiger charge is -2.23. The molecule has 4 nitrogen and oxygen atoms in total. The zero-order chi connectivity index (χ0) is 12.8. The van der Waals surface area contributed by atoms with Gasteiger partial charge in [-0.25, -0.2) is 9.97 Å². The van der Waals surface area contributed by atoms with Crippen molar-refractivity contribution in [3.63, 3.8) is 0 Å². The van der Waals surface area contributed by atoms with Crippen molar-refractivity contribution in [3.05, 3.63) is 18.1 Å². The lowest BCUT2D eigenvalue weighted by Crippen LogP contribution is -2.35. The number of hydrogen-bond acceptors (Lipinski definition) is 4. The van der Waals surface area contributed by atoms with Gasteiger partial charge in [-0.15, -0.1) is 0 Å². The van der Waals surface area contributed by atoms with E-state index in [0.717, 1.165) is 25.3 Å². The molecule has 4 heteroatoms. The van der Waals surface area contributed by atoms with Gasteiger partial charge in [0.25, 0.3) is 0 Å². The normalized spacial score (nSPS) is 20.1. The first-order valence-electron chi connectivity index (χ1n) is 6.94. The first-order chi connectivity index (χ1) is 8.75. The molecule has 0 saturated carbocycles. The third kappa shape index (κ3) is 3.95. The van der Waals surface area contributed by atoms with Crippen LogP contribution in [0, 0.1) is 0 Å². The van der Waals surface area contributed by atoms with Gasteiger partial charge in [-0.2, -0.15) is 0 Å². The molecule has 18 heavy (non-hydrogen) atoms. The summed E-state index contributed by atoms with van der Waals surface area (Å²) >= 11 is 0. The Bertz CT molecular complexity index is 362. The van der Waals surface area contributed by atoms with Crippen LogP contribution in [0.1, 0.15) is 51.1 Å². The summed E-state index contributed by atoms with van der Waals surface area (Å²) in [6, 6.07) is 2.56. The van der Waals surface area contributed by atoms with E-state index in [2.05, 4.69) is 29.1 Å². The Morgan fingerprint density at radius 3 is 3.00 bits per heavy atom. The SMILES string of the molecule is CC(C)c1cc(OCCC2CCCCN2)ncn1. The van der Waals surface area contributed by atoms with E-state index in [0.29, 0.717) is 17.8 Å². The highest BCUT2D eigenvalue weighted by Gasteiger charge is 2.12.